The van der Waals surface area contributed by atoms with Gasteiger partial charge in [-0.1, -0.05) is 6.92 Å². The Labute approximate surface area is 215 Å². The number of hydrogen-bond acceptors (Lipinski definition) is 5. The molecule has 1 amide bonds. The smallest absolute Gasteiger partial charge is 0.300 e. The minimum atomic E-state index is -1.26. The van der Waals surface area contributed by atoms with Gasteiger partial charge in [0.05, 0.1) is 30.0 Å². The number of nitrogens with zero attached hydrogens (tertiary/aromatic N) is 2. The van der Waals surface area contributed by atoms with Gasteiger partial charge in [-0.05, 0) is 78.9 Å². The maximum absolute atomic E-state index is 14.6. The second-order valence-electron chi connectivity index (χ2n) is 8.60. The lowest BCUT2D eigenvalue weighted by Gasteiger charge is -2.51. The van der Waals surface area contributed by atoms with Gasteiger partial charge in [0.1, 0.15) is 11.4 Å². The number of anilines is 2. The van der Waals surface area contributed by atoms with Crippen LogP contribution in [0.15, 0.2) is 30.3 Å². The van der Waals surface area contributed by atoms with E-state index in [1.165, 1.54) is 23.1 Å². The van der Waals surface area contributed by atoms with E-state index in [0.29, 0.717) is 3.57 Å². The summed E-state index contributed by atoms with van der Waals surface area (Å²) < 4.78 is 43.4. The summed E-state index contributed by atoms with van der Waals surface area (Å²) >= 11 is 1.94. The molecule has 3 N–H and O–H groups in total. The molecule has 7 nitrogen and oxygen atoms in total. The number of carbonyl (C=O) groups excluding carboxylic acids is 1. The fourth-order valence-electron chi connectivity index (χ4n) is 4.53. The summed E-state index contributed by atoms with van der Waals surface area (Å²) in [6.07, 6.45) is 1.85. The number of amides is 1. The Morgan fingerprint density at radius 2 is 1.83 bits per heavy atom. The van der Waals surface area contributed by atoms with Crippen LogP contribution in [0.4, 0.5) is 24.5 Å². The molecule has 0 aromatic heterocycles. The molecule has 0 bridgehead atoms. The van der Waals surface area contributed by atoms with Crippen LogP contribution in [-0.2, 0) is 4.79 Å². The SMILES string of the molecule is CC(=O)O.CCN1CCCC1C1(O)CN(C(=O)c2ccc(F)c(F)c2Nc2ccc(I)cc2F)C1. The minimum Gasteiger partial charge on any atom is -0.481 e. The van der Waals surface area contributed by atoms with E-state index in [1.54, 1.807) is 6.07 Å². The summed E-state index contributed by atoms with van der Waals surface area (Å²) in [4.78, 5) is 25.7. The van der Waals surface area contributed by atoms with Crippen LogP contribution in [0.1, 0.15) is 37.0 Å². The van der Waals surface area contributed by atoms with Crippen molar-refractivity contribution < 1.29 is 33.0 Å². The third kappa shape index (κ3) is 6.07. The number of halogens is 4. The molecule has 190 valence electrons. The van der Waals surface area contributed by atoms with E-state index in [4.69, 9.17) is 9.90 Å². The van der Waals surface area contributed by atoms with Gasteiger partial charge in [-0.2, -0.15) is 0 Å². The number of carboxylic acid groups (broad SMARTS) is 1. The molecular formula is C24H27F3IN3O4. The molecule has 0 radical (unpaired) electrons. The quantitative estimate of drug-likeness (QED) is 0.443. The van der Waals surface area contributed by atoms with Gasteiger partial charge in [0.15, 0.2) is 11.6 Å². The van der Waals surface area contributed by atoms with Crippen molar-refractivity contribution in [1.82, 2.24) is 9.80 Å². The van der Waals surface area contributed by atoms with Crippen LogP contribution in [0, 0.1) is 21.0 Å². The van der Waals surface area contributed by atoms with Crippen LogP contribution in [0.5, 0.6) is 0 Å². The average Bonchev–Trinajstić information content (AvgIpc) is 3.25. The minimum absolute atomic E-state index is 0.0232. The second kappa shape index (κ2) is 11.1. The number of likely N-dealkylation sites (N-methyl/N-ethyl adjacent to an activating group) is 1. The monoisotopic (exact) mass is 605 g/mol. The first kappa shape index (κ1) is 27.2. The molecule has 2 aromatic rings. The van der Waals surface area contributed by atoms with Crippen molar-refractivity contribution in [3.63, 3.8) is 0 Å². The Morgan fingerprint density at radius 3 is 2.43 bits per heavy atom. The second-order valence-corrected chi connectivity index (χ2v) is 9.85. The first-order chi connectivity index (χ1) is 16.5. The zero-order chi connectivity index (χ0) is 25.9. The Kier molecular flexibility index (Phi) is 8.65. The van der Waals surface area contributed by atoms with Gasteiger partial charge in [0.2, 0.25) is 0 Å². The van der Waals surface area contributed by atoms with Gasteiger partial charge in [0.25, 0.3) is 11.9 Å². The van der Waals surface area contributed by atoms with E-state index in [9.17, 15) is 23.1 Å². The molecule has 2 aliphatic heterocycles. The molecular weight excluding hydrogens is 578 g/mol. The number of carboxylic acids is 1. The summed E-state index contributed by atoms with van der Waals surface area (Å²) in [5.41, 5.74) is -1.62. The van der Waals surface area contributed by atoms with Crippen molar-refractivity contribution in [3.05, 3.63) is 56.9 Å². The standard InChI is InChI=1S/C22H23F3IN3O2.C2H4O2/c1-2-28-9-3-4-18(28)22(31)11-29(12-22)21(30)14-6-7-15(23)19(25)20(14)27-17-8-5-13(26)10-16(17)24;1-2(3)4/h5-8,10,18,27,31H,2-4,9,11-12H2,1H3;1H3,(H,3,4). The molecule has 11 heteroatoms. The highest BCUT2D eigenvalue weighted by atomic mass is 127. The van der Waals surface area contributed by atoms with E-state index < -0.39 is 40.6 Å². The van der Waals surface area contributed by atoms with E-state index in [1.807, 2.05) is 29.5 Å². The Morgan fingerprint density at radius 1 is 1.17 bits per heavy atom. The van der Waals surface area contributed by atoms with Gasteiger partial charge in [0, 0.05) is 16.5 Å². The van der Waals surface area contributed by atoms with Crippen LogP contribution in [-0.4, -0.2) is 69.7 Å². The van der Waals surface area contributed by atoms with Gasteiger partial charge in [-0.25, -0.2) is 13.2 Å². The summed E-state index contributed by atoms with van der Waals surface area (Å²) in [6, 6.07) is 6.29. The molecule has 0 saturated carbocycles. The number of aliphatic carboxylic acids is 1. The van der Waals surface area contributed by atoms with E-state index in [2.05, 4.69) is 10.2 Å². The lowest BCUT2D eigenvalue weighted by molar-refractivity contribution is -0.134. The Balaban J connectivity index is 0.000000795. The van der Waals surface area contributed by atoms with Crippen molar-refractivity contribution in [2.75, 3.05) is 31.5 Å². The fraction of sp³-hybridized carbons (Fsp3) is 0.417. The normalized spacial score (nSPS) is 18.9. The van der Waals surface area contributed by atoms with Crippen LogP contribution in [0.25, 0.3) is 0 Å². The van der Waals surface area contributed by atoms with Crippen molar-refractivity contribution >= 4 is 45.8 Å². The lowest BCUT2D eigenvalue weighted by atomic mass is 9.84. The molecule has 0 spiro atoms. The highest BCUT2D eigenvalue weighted by Crippen LogP contribution is 2.36. The lowest BCUT2D eigenvalue weighted by Crippen LogP contribution is -2.70. The highest BCUT2D eigenvalue weighted by molar-refractivity contribution is 14.1. The predicted octanol–water partition coefficient (Wildman–Crippen LogP) is 4.21. The summed E-state index contributed by atoms with van der Waals surface area (Å²) in [5, 5.41) is 21.0. The molecule has 2 fully saturated rings. The van der Waals surface area contributed by atoms with Crippen LogP contribution < -0.4 is 5.32 Å². The predicted molar refractivity (Wildman–Crippen MR) is 133 cm³/mol. The van der Waals surface area contributed by atoms with Crippen LogP contribution in [0.2, 0.25) is 0 Å². The van der Waals surface area contributed by atoms with Gasteiger partial charge in [-0.3, -0.25) is 14.5 Å². The number of likely N-dealkylation sites (tertiary alicyclic amines) is 2. The number of benzene rings is 2. The number of nitrogens with one attached hydrogen (secondary N) is 1. The number of carbonyl (C=O) groups is 2. The molecule has 0 aliphatic carbocycles. The van der Waals surface area contributed by atoms with Crippen molar-refractivity contribution in [2.45, 2.75) is 38.3 Å². The zero-order valence-electron chi connectivity index (χ0n) is 19.3. The van der Waals surface area contributed by atoms with Crippen molar-refractivity contribution in [2.24, 2.45) is 0 Å². The molecule has 2 saturated heterocycles. The summed E-state index contributed by atoms with van der Waals surface area (Å²) in [6.45, 7) is 5.08. The third-order valence-electron chi connectivity index (χ3n) is 6.12. The highest BCUT2D eigenvalue weighted by Gasteiger charge is 2.52. The molecule has 2 aromatic carbocycles. The number of hydrogen-bond donors (Lipinski definition) is 3. The Bertz CT molecular complexity index is 1110. The molecule has 1 unspecified atom stereocenters. The maximum atomic E-state index is 14.6. The van der Waals surface area contributed by atoms with E-state index >= 15 is 0 Å². The molecule has 1 atom stereocenters. The molecule has 2 aliphatic rings. The summed E-state index contributed by atoms with van der Waals surface area (Å²) in [5.74, 6) is -4.42. The summed E-state index contributed by atoms with van der Waals surface area (Å²) in [7, 11) is 0. The topological polar surface area (TPSA) is 93.1 Å². The molecule has 2 heterocycles. The largest absolute Gasteiger partial charge is 0.481 e. The van der Waals surface area contributed by atoms with E-state index in [-0.39, 0.29) is 30.4 Å². The third-order valence-corrected chi connectivity index (χ3v) is 6.79. The fourth-order valence-corrected chi connectivity index (χ4v) is 4.98. The molecule has 35 heavy (non-hydrogen) atoms. The number of β-amino-alcohol motifs (C(OH)–C–C–N with tert-alkyl or cyclic N) is 1. The van der Waals surface area contributed by atoms with Crippen LogP contribution in [0.3, 0.4) is 0 Å². The van der Waals surface area contributed by atoms with Crippen LogP contribution >= 0.6 is 22.6 Å². The first-order valence-electron chi connectivity index (χ1n) is 11.1. The van der Waals surface area contributed by atoms with E-state index in [0.717, 1.165) is 38.9 Å². The van der Waals surface area contributed by atoms with Gasteiger partial charge < -0.3 is 20.4 Å². The first-order valence-corrected chi connectivity index (χ1v) is 12.2. The number of rotatable bonds is 5. The van der Waals surface area contributed by atoms with Gasteiger partial charge in [-0.15, -0.1) is 0 Å². The average molecular weight is 605 g/mol. The molecule has 4 rings (SSSR count). The zero-order valence-corrected chi connectivity index (χ0v) is 21.5. The van der Waals surface area contributed by atoms with Crippen molar-refractivity contribution in [3.8, 4) is 0 Å². The van der Waals surface area contributed by atoms with Crippen molar-refractivity contribution in [1.29, 1.82) is 0 Å². The maximum Gasteiger partial charge on any atom is 0.300 e. The Hall–Kier alpha value is -2.38. The van der Waals surface area contributed by atoms with Gasteiger partial charge >= 0.3 is 0 Å². The number of aliphatic hydroxyl groups is 1.